The zero-order valence-electron chi connectivity index (χ0n) is 16.5. The first-order chi connectivity index (χ1) is 14.2. The summed E-state index contributed by atoms with van der Waals surface area (Å²) in [4.78, 5) is 23.3. The molecule has 0 unspecified atom stereocenters. The fraction of sp³-hybridized carbons (Fsp3) is 0.304. The zero-order chi connectivity index (χ0) is 19.8. The first-order valence-electron chi connectivity index (χ1n) is 10.1. The summed E-state index contributed by atoms with van der Waals surface area (Å²) in [6, 6.07) is 16.9. The summed E-state index contributed by atoms with van der Waals surface area (Å²) < 4.78 is 0. The van der Waals surface area contributed by atoms with Gasteiger partial charge in [0.05, 0.1) is 5.69 Å². The molecule has 2 aromatic carbocycles. The maximum absolute atomic E-state index is 11.8. The zero-order valence-corrected chi connectivity index (χ0v) is 17.4. The molecule has 6 heteroatoms. The van der Waals surface area contributed by atoms with Crippen LogP contribution >= 0.6 is 11.3 Å². The van der Waals surface area contributed by atoms with Gasteiger partial charge in [-0.1, -0.05) is 30.3 Å². The Bertz CT molecular complexity index is 1020. The normalized spacial score (nSPS) is 16.2. The van der Waals surface area contributed by atoms with Crippen LogP contribution in [0.2, 0.25) is 0 Å². The monoisotopic (exact) mass is 404 g/mol. The molecule has 0 aliphatic carbocycles. The van der Waals surface area contributed by atoms with Crippen molar-refractivity contribution in [3.63, 3.8) is 0 Å². The maximum atomic E-state index is 11.8. The van der Waals surface area contributed by atoms with Gasteiger partial charge >= 0.3 is 0 Å². The van der Waals surface area contributed by atoms with Gasteiger partial charge in [0, 0.05) is 62.0 Å². The van der Waals surface area contributed by atoms with E-state index in [-0.39, 0.29) is 5.91 Å². The van der Waals surface area contributed by atoms with Gasteiger partial charge in [-0.05, 0) is 30.2 Å². The lowest BCUT2D eigenvalue weighted by Crippen LogP contribution is -2.46. The molecule has 2 aliphatic heterocycles. The third-order valence-electron chi connectivity index (χ3n) is 5.82. The van der Waals surface area contributed by atoms with Crippen molar-refractivity contribution in [2.75, 3.05) is 47.4 Å². The Balaban J connectivity index is 1.26. The van der Waals surface area contributed by atoms with E-state index in [2.05, 4.69) is 57.6 Å². The lowest BCUT2D eigenvalue weighted by atomic mass is 10.1. The number of benzene rings is 2. The van der Waals surface area contributed by atoms with Gasteiger partial charge in [-0.25, -0.2) is 4.98 Å². The average molecular weight is 405 g/mol. The Hall–Kier alpha value is -2.86. The first-order valence-corrected chi connectivity index (χ1v) is 11.0. The summed E-state index contributed by atoms with van der Waals surface area (Å²) in [6.45, 7) is 6.35. The fourth-order valence-electron chi connectivity index (χ4n) is 4.22. The molecule has 5 nitrogen and oxygen atoms in total. The highest BCUT2D eigenvalue weighted by molar-refractivity contribution is 7.14. The third kappa shape index (κ3) is 3.49. The molecule has 0 atom stereocenters. The molecule has 0 N–H and O–H groups in total. The number of hydrogen-bond donors (Lipinski definition) is 0. The molecular weight excluding hydrogens is 380 g/mol. The van der Waals surface area contributed by atoms with Crippen molar-refractivity contribution >= 4 is 33.8 Å². The van der Waals surface area contributed by atoms with Crippen LogP contribution in [0.25, 0.3) is 11.3 Å². The van der Waals surface area contributed by atoms with E-state index >= 15 is 0 Å². The number of amides is 1. The number of carbonyl (C=O) groups is 1. The number of carbonyl (C=O) groups excluding carboxylic acids is 1. The Labute approximate surface area is 175 Å². The number of rotatable bonds is 3. The van der Waals surface area contributed by atoms with Crippen molar-refractivity contribution in [2.24, 2.45) is 0 Å². The Morgan fingerprint density at radius 3 is 2.48 bits per heavy atom. The number of aromatic nitrogens is 1. The number of anilines is 3. The molecule has 1 fully saturated rings. The number of nitrogens with zero attached hydrogens (tertiary/aromatic N) is 4. The highest BCUT2D eigenvalue weighted by Crippen LogP contribution is 2.33. The van der Waals surface area contributed by atoms with Gasteiger partial charge in [0.25, 0.3) is 0 Å². The van der Waals surface area contributed by atoms with Gasteiger partial charge in [0.15, 0.2) is 5.13 Å². The molecule has 148 valence electrons. The third-order valence-corrected chi connectivity index (χ3v) is 6.72. The van der Waals surface area contributed by atoms with Gasteiger partial charge in [0.1, 0.15) is 0 Å². The minimum atomic E-state index is 0.128. The predicted molar refractivity (Wildman–Crippen MR) is 120 cm³/mol. The average Bonchev–Trinajstić information content (AvgIpc) is 3.42. The highest BCUT2D eigenvalue weighted by atomic mass is 32.1. The molecule has 3 aromatic rings. The molecule has 3 heterocycles. The lowest BCUT2D eigenvalue weighted by molar-refractivity contribution is -0.116. The molecule has 0 bridgehead atoms. The number of piperazine rings is 1. The van der Waals surface area contributed by atoms with Crippen molar-refractivity contribution in [3.8, 4) is 11.3 Å². The summed E-state index contributed by atoms with van der Waals surface area (Å²) in [5, 5.41) is 3.26. The Morgan fingerprint density at radius 2 is 1.72 bits per heavy atom. The molecule has 0 radical (unpaired) electrons. The van der Waals surface area contributed by atoms with Crippen molar-refractivity contribution in [1.29, 1.82) is 0 Å². The smallest absolute Gasteiger partial charge is 0.223 e. The maximum Gasteiger partial charge on any atom is 0.223 e. The summed E-state index contributed by atoms with van der Waals surface area (Å²) in [7, 11) is 0. The second-order valence-electron chi connectivity index (χ2n) is 7.59. The van der Waals surface area contributed by atoms with E-state index in [0.717, 1.165) is 55.7 Å². The van der Waals surface area contributed by atoms with E-state index in [4.69, 9.17) is 4.98 Å². The Kier molecular flexibility index (Phi) is 4.72. The molecule has 5 rings (SSSR count). The summed E-state index contributed by atoms with van der Waals surface area (Å²) in [5.74, 6) is 0.128. The molecule has 1 aromatic heterocycles. The minimum absolute atomic E-state index is 0.128. The molecule has 1 amide bonds. The van der Waals surface area contributed by atoms with Gasteiger partial charge in [0.2, 0.25) is 5.91 Å². The van der Waals surface area contributed by atoms with Crippen LogP contribution in [-0.4, -0.2) is 43.6 Å². The largest absolute Gasteiger partial charge is 0.368 e. The number of thiazole rings is 1. The van der Waals surface area contributed by atoms with Crippen molar-refractivity contribution in [3.05, 3.63) is 59.5 Å². The Morgan fingerprint density at radius 1 is 0.966 bits per heavy atom. The van der Waals surface area contributed by atoms with Crippen LogP contribution in [0, 0.1) is 0 Å². The van der Waals surface area contributed by atoms with Gasteiger partial charge in [-0.2, -0.15) is 0 Å². The molecular formula is C23H24N4OS. The number of hydrogen-bond acceptors (Lipinski definition) is 5. The van der Waals surface area contributed by atoms with Crippen LogP contribution in [0.3, 0.4) is 0 Å². The van der Waals surface area contributed by atoms with E-state index in [1.165, 1.54) is 16.8 Å². The van der Waals surface area contributed by atoms with E-state index in [0.29, 0.717) is 0 Å². The summed E-state index contributed by atoms with van der Waals surface area (Å²) in [6.07, 6.45) is 0.949. The van der Waals surface area contributed by atoms with Gasteiger partial charge in [-0.15, -0.1) is 11.3 Å². The van der Waals surface area contributed by atoms with Crippen molar-refractivity contribution in [2.45, 2.75) is 13.3 Å². The van der Waals surface area contributed by atoms with Crippen molar-refractivity contribution in [1.82, 2.24) is 4.98 Å². The summed E-state index contributed by atoms with van der Waals surface area (Å²) >= 11 is 1.73. The first kappa shape index (κ1) is 18.2. The van der Waals surface area contributed by atoms with Crippen LogP contribution in [0.5, 0.6) is 0 Å². The van der Waals surface area contributed by atoms with Crippen LogP contribution in [-0.2, 0) is 11.2 Å². The van der Waals surface area contributed by atoms with Crippen LogP contribution in [0.4, 0.5) is 16.5 Å². The van der Waals surface area contributed by atoms with E-state index in [1.807, 2.05) is 11.0 Å². The highest BCUT2D eigenvalue weighted by Gasteiger charge is 2.25. The quantitative estimate of drug-likeness (QED) is 0.660. The van der Waals surface area contributed by atoms with Crippen molar-refractivity contribution < 1.29 is 4.79 Å². The standard InChI is InChI=1S/C23H24N4OS/c1-17(28)27-10-9-19-15-20(7-8-22(19)27)25-11-13-26(14-12-25)23-24-21(16-29-23)18-5-3-2-4-6-18/h2-8,15-16H,9-14H2,1H3. The molecule has 29 heavy (non-hydrogen) atoms. The van der Waals surface area contributed by atoms with Crippen LogP contribution in [0.1, 0.15) is 12.5 Å². The topological polar surface area (TPSA) is 39.7 Å². The fourth-order valence-corrected chi connectivity index (χ4v) is 5.11. The van der Waals surface area contributed by atoms with E-state index in [1.54, 1.807) is 18.3 Å². The second-order valence-corrected chi connectivity index (χ2v) is 8.43. The molecule has 0 saturated carbocycles. The molecule has 1 saturated heterocycles. The van der Waals surface area contributed by atoms with Gasteiger partial charge in [-0.3, -0.25) is 4.79 Å². The van der Waals surface area contributed by atoms with E-state index in [9.17, 15) is 4.79 Å². The second kappa shape index (κ2) is 7.52. The molecule has 0 spiro atoms. The van der Waals surface area contributed by atoms with Gasteiger partial charge < -0.3 is 14.7 Å². The SMILES string of the molecule is CC(=O)N1CCc2cc(N3CCN(c4nc(-c5ccccc5)cs4)CC3)ccc21. The number of fused-ring (bicyclic) bond motifs is 1. The van der Waals surface area contributed by atoms with Crippen LogP contribution in [0.15, 0.2) is 53.9 Å². The predicted octanol–water partition coefficient (Wildman–Crippen LogP) is 4.05. The molecule has 2 aliphatic rings. The minimum Gasteiger partial charge on any atom is -0.368 e. The van der Waals surface area contributed by atoms with E-state index < -0.39 is 0 Å². The summed E-state index contributed by atoms with van der Waals surface area (Å²) in [5.41, 5.74) is 5.86. The lowest BCUT2D eigenvalue weighted by Gasteiger charge is -2.36. The van der Waals surface area contributed by atoms with Crippen LogP contribution < -0.4 is 14.7 Å².